The average Bonchev–Trinajstić information content (AvgIpc) is 2.60. The molecule has 0 aromatic heterocycles. The van der Waals surface area contributed by atoms with Crippen LogP contribution in [0.15, 0.2) is 41.8 Å². The van der Waals surface area contributed by atoms with Gasteiger partial charge in [-0.05, 0) is 29.8 Å². The number of nitrogens with one attached hydrogen (secondary N) is 1. The Balaban J connectivity index is 2.39. The van der Waals surface area contributed by atoms with Crippen LogP contribution in [0.1, 0.15) is 15.9 Å². The van der Waals surface area contributed by atoms with E-state index in [0.717, 1.165) is 5.41 Å². The first-order chi connectivity index (χ1) is 12.3. The lowest BCUT2D eigenvalue weighted by molar-refractivity contribution is 0.0697. The van der Waals surface area contributed by atoms with E-state index in [0.29, 0.717) is 10.6 Å². The number of halogens is 1. The van der Waals surface area contributed by atoms with Crippen molar-refractivity contribution < 1.29 is 27.8 Å². The fraction of sp³-hybridized carbons (Fsp3) is 0.118. The topological polar surface area (TPSA) is 102 Å². The minimum absolute atomic E-state index is 0.0187. The van der Waals surface area contributed by atoms with Crippen molar-refractivity contribution in [3.8, 4) is 11.5 Å². The van der Waals surface area contributed by atoms with Crippen molar-refractivity contribution >= 4 is 39.4 Å². The van der Waals surface area contributed by atoms with Gasteiger partial charge in [-0.2, -0.15) is 0 Å². The predicted octanol–water partition coefficient (Wildman–Crippen LogP) is 3.47. The molecule has 0 saturated carbocycles. The van der Waals surface area contributed by atoms with Gasteiger partial charge in [0.1, 0.15) is 17.2 Å². The van der Waals surface area contributed by atoms with Gasteiger partial charge in [-0.25, -0.2) is 13.2 Å². The molecule has 2 N–H and O–H groups in total. The third-order valence-electron chi connectivity index (χ3n) is 3.32. The number of benzene rings is 2. The summed E-state index contributed by atoms with van der Waals surface area (Å²) in [6.45, 7) is 0. The Morgan fingerprint density at radius 1 is 1.15 bits per heavy atom. The number of carbonyl (C=O) groups is 1. The fourth-order valence-electron chi connectivity index (χ4n) is 2.06. The summed E-state index contributed by atoms with van der Waals surface area (Å²) in [5.41, 5.74) is 0.117. The highest BCUT2D eigenvalue weighted by Gasteiger charge is 2.21. The molecule has 26 heavy (non-hydrogen) atoms. The van der Waals surface area contributed by atoms with Crippen LogP contribution >= 0.6 is 11.6 Å². The largest absolute Gasteiger partial charge is 0.497 e. The molecule has 0 unspecified atom stereocenters. The van der Waals surface area contributed by atoms with E-state index in [2.05, 4.69) is 4.72 Å². The van der Waals surface area contributed by atoms with Crippen LogP contribution in [-0.4, -0.2) is 33.7 Å². The number of sulfonamides is 1. The maximum Gasteiger partial charge on any atom is 0.338 e. The van der Waals surface area contributed by atoms with Crippen LogP contribution in [0.25, 0.3) is 6.08 Å². The second-order valence-electron chi connectivity index (χ2n) is 5.06. The lowest BCUT2D eigenvalue weighted by atomic mass is 10.1. The van der Waals surface area contributed by atoms with Crippen LogP contribution in [0.3, 0.4) is 0 Å². The summed E-state index contributed by atoms with van der Waals surface area (Å²) in [6, 6.07) is 9.11. The van der Waals surface area contributed by atoms with Crippen molar-refractivity contribution in [3.63, 3.8) is 0 Å². The summed E-state index contributed by atoms with van der Waals surface area (Å²) in [5.74, 6) is -1.09. The minimum atomic E-state index is -4.00. The van der Waals surface area contributed by atoms with Crippen molar-refractivity contribution in [2.45, 2.75) is 0 Å². The second-order valence-corrected chi connectivity index (χ2v) is 7.06. The first-order valence-corrected chi connectivity index (χ1v) is 9.14. The second kappa shape index (κ2) is 8.11. The molecule has 0 spiro atoms. The molecule has 2 aromatic rings. The molecule has 0 radical (unpaired) electrons. The van der Waals surface area contributed by atoms with Crippen LogP contribution in [0.5, 0.6) is 11.5 Å². The highest BCUT2D eigenvalue weighted by atomic mass is 35.5. The van der Waals surface area contributed by atoms with Gasteiger partial charge in [-0.1, -0.05) is 23.7 Å². The van der Waals surface area contributed by atoms with Crippen LogP contribution < -0.4 is 14.2 Å². The summed E-state index contributed by atoms with van der Waals surface area (Å²) >= 11 is 5.78. The number of carboxylic acid groups (broad SMARTS) is 1. The molecular formula is C17H16ClNO6S. The fourth-order valence-corrected chi connectivity index (χ4v) is 3.09. The van der Waals surface area contributed by atoms with Gasteiger partial charge < -0.3 is 14.6 Å². The summed E-state index contributed by atoms with van der Waals surface area (Å²) in [6.07, 6.45) is 1.36. The average molecular weight is 398 g/mol. The normalized spacial score (nSPS) is 11.3. The summed E-state index contributed by atoms with van der Waals surface area (Å²) in [4.78, 5) is 11.5. The molecule has 0 bridgehead atoms. The summed E-state index contributed by atoms with van der Waals surface area (Å²) < 4.78 is 37.0. The Labute approximate surface area is 155 Å². The van der Waals surface area contributed by atoms with E-state index < -0.39 is 16.0 Å². The van der Waals surface area contributed by atoms with Crippen molar-refractivity contribution in [2.75, 3.05) is 18.9 Å². The number of hydrogen-bond acceptors (Lipinski definition) is 5. The van der Waals surface area contributed by atoms with Crippen molar-refractivity contribution in [1.82, 2.24) is 0 Å². The number of methoxy groups -OCH3 is 2. The monoisotopic (exact) mass is 397 g/mol. The molecule has 7 nitrogen and oxygen atoms in total. The Kier molecular flexibility index (Phi) is 6.12. The van der Waals surface area contributed by atoms with Gasteiger partial charge in [0.25, 0.3) is 10.0 Å². The number of hydrogen-bond donors (Lipinski definition) is 2. The summed E-state index contributed by atoms with van der Waals surface area (Å²) in [5, 5.41) is 10.8. The molecule has 0 heterocycles. The first-order valence-electron chi connectivity index (χ1n) is 7.21. The molecular weight excluding hydrogens is 382 g/mol. The van der Waals surface area contributed by atoms with Crippen molar-refractivity contribution in [3.05, 3.63) is 58.0 Å². The molecule has 9 heteroatoms. The number of anilines is 1. The Morgan fingerprint density at radius 2 is 1.81 bits per heavy atom. The van der Waals surface area contributed by atoms with Crippen LogP contribution in [0, 0.1) is 0 Å². The molecule has 2 rings (SSSR count). The van der Waals surface area contributed by atoms with Gasteiger partial charge in [-0.3, -0.25) is 4.72 Å². The highest BCUT2D eigenvalue weighted by Crippen LogP contribution is 2.34. The molecule has 0 aliphatic rings. The zero-order valence-corrected chi connectivity index (χ0v) is 15.5. The maximum absolute atomic E-state index is 12.3. The van der Waals surface area contributed by atoms with Gasteiger partial charge in [0.2, 0.25) is 0 Å². The Morgan fingerprint density at radius 3 is 2.35 bits per heavy atom. The zero-order chi connectivity index (χ0) is 19.3. The quantitative estimate of drug-likeness (QED) is 0.741. The lowest BCUT2D eigenvalue weighted by Crippen LogP contribution is -2.14. The van der Waals surface area contributed by atoms with Gasteiger partial charge in [0, 0.05) is 11.1 Å². The Hall–Kier alpha value is -2.71. The van der Waals surface area contributed by atoms with Crippen LogP contribution in [0.2, 0.25) is 5.02 Å². The number of ether oxygens (including phenoxy) is 2. The van der Waals surface area contributed by atoms with Crippen LogP contribution in [0.4, 0.5) is 5.69 Å². The summed E-state index contributed by atoms with van der Waals surface area (Å²) in [7, 11) is -1.35. The maximum atomic E-state index is 12.3. The van der Waals surface area contributed by atoms with Crippen LogP contribution in [-0.2, 0) is 10.0 Å². The van der Waals surface area contributed by atoms with E-state index in [4.69, 9.17) is 21.1 Å². The molecule has 0 fully saturated rings. The predicted molar refractivity (Wildman–Crippen MR) is 99.5 cm³/mol. The molecule has 2 aromatic carbocycles. The van der Waals surface area contributed by atoms with E-state index in [-0.39, 0.29) is 22.7 Å². The van der Waals surface area contributed by atoms with E-state index in [1.54, 1.807) is 24.3 Å². The van der Waals surface area contributed by atoms with Gasteiger partial charge in [0.15, 0.2) is 0 Å². The molecule has 138 valence electrons. The SMILES string of the molecule is COc1cc(OC)c(NS(=O)(=O)/C=C/c2ccc(Cl)cc2)c(C(=O)O)c1. The first kappa shape index (κ1) is 19.6. The van der Waals surface area contributed by atoms with Gasteiger partial charge >= 0.3 is 5.97 Å². The smallest absolute Gasteiger partial charge is 0.338 e. The van der Waals surface area contributed by atoms with E-state index in [9.17, 15) is 18.3 Å². The number of rotatable bonds is 7. The van der Waals surface area contributed by atoms with Gasteiger partial charge in [-0.15, -0.1) is 0 Å². The highest BCUT2D eigenvalue weighted by molar-refractivity contribution is 7.95. The lowest BCUT2D eigenvalue weighted by Gasteiger charge is -2.14. The molecule has 0 aliphatic carbocycles. The van der Waals surface area contributed by atoms with Crippen molar-refractivity contribution in [1.29, 1.82) is 0 Å². The minimum Gasteiger partial charge on any atom is -0.497 e. The van der Waals surface area contributed by atoms with Crippen molar-refractivity contribution in [2.24, 2.45) is 0 Å². The Bertz CT molecular complexity index is 938. The molecule has 0 atom stereocenters. The molecule has 0 amide bonds. The molecule has 0 saturated heterocycles. The van der Waals surface area contributed by atoms with Gasteiger partial charge in [0.05, 0.1) is 25.2 Å². The number of carboxylic acids is 1. The third-order valence-corrected chi connectivity index (χ3v) is 4.55. The van der Waals surface area contributed by atoms with E-state index in [1.807, 2.05) is 0 Å². The zero-order valence-electron chi connectivity index (χ0n) is 13.9. The van der Waals surface area contributed by atoms with E-state index in [1.165, 1.54) is 32.4 Å². The third kappa shape index (κ3) is 4.90. The molecule has 0 aliphatic heterocycles. The van der Waals surface area contributed by atoms with E-state index >= 15 is 0 Å². The number of aromatic carboxylic acids is 1. The standard InChI is InChI=1S/C17H16ClNO6S/c1-24-13-9-14(17(20)21)16(15(10-13)25-2)19-26(22,23)8-7-11-3-5-12(18)6-4-11/h3-10,19H,1-2H3,(H,20,21)/b8-7+.